The quantitative estimate of drug-likeness (QED) is 0.629. The number of fused-ring (bicyclic) bond motifs is 1. The highest BCUT2D eigenvalue weighted by Crippen LogP contribution is 2.52. The van der Waals surface area contributed by atoms with Crippen molar-refractivity contribution in [3.05, 3.63) is 12.7 Å². The number of carbonyl (C=O) groups excluding carboxylic acids is 1. The van der Waals surface area contributed by atoms with Crippen LogP contribution in [0.5, 0.6) is 0 Å². The van der Waals surface area contributed by atoms with Crippen LogP contribution in [0, 0.1) is 17.3 Å². The molecule has 2 aliphatic carbocycles. The van der Waals surface area contributed by atoms with Gasteiger partial charge < -0.3 is 0 Å². The van der Waals surface area contributed by atoms with Crippen LogP contribution in [0.2, 0.25) is 0 Å². The van der Waals surface area contributed by atoms with E-state index >= 15 is 0 Å². The summed E-state index contributed by atoms with van der Waals surface area (Å²) >= 11 is 0. The summed E-state index contributed by atoms with van der Waals surface area (Å²) in [5.41, 5.74) is 0.458. The van der Waals surface area contributed by atoms with Crippen LogP contribution in [-0.2, 0) is 4.79 Å². The SMILES string of the molecule is C=CC[C@@H]1C(=O)CC[C@]2(C)CCCCC12. The number of allylic oxidation sites excluding steroid dienone is 1. The fourth-order valence-electron chi connectivity index (χ4n) is 3.72. The maximum absolute atomic E-state index is 11.9. The molecule has 0 aromatic heterocycles. The highest BCUT2D eigenvalue weighted by atomic mass is 16.1. The Bertz CT molecular complexity index is 269. The van der Waals surface area contributed by atoms with Crippen molar-refractivity contribution in [1.29, 1.82) is 0 Å². The number of ketones is 1. The van der Waals surface area contributed by atoms with E-state index in [0.717, 1.165) is 19.3 Å². The Morgan fingerprint density at radius 2 is 2.27 bits per heavy atom. The van der Waals surface area contributed by atoms with Crippen molar-refractivity contribution in [2.75, 3.05) is 0 Å². The fourth-order valence-corrected chi connectivity index (χ4v) is 3.72. The van der Waals surface area contributed by atoms with Crippen LogP contribution in [0.1, 0.15) is 51.9 Å². The Morgan fingerprint density at radius 3 is 3.00 bits per heavy atom. The standard InChI is InChI=1S/C14H22O/c1-3-6-11-12-7-4-5-9-14(12,2)10-8-13(11)15/h3,11-12H,1,4-10H2,2H3/t11-,12?,14-/m0/s1. The summed E-state index contributed by atoms with van der Waals surface area (Å²) in [6.45, 7) is 6.20. The molecule has 0 saturated heterocycles. The molecule has 2 rings (SSSR count). The van der Waals surface area contributed by atoms with E-state index in [9.17, 15) is 4.79 Å². The molecule has 0 aliphatic heterocycles. The van der Waals surface area contributed by atoms with Crippen molar-refractivity contribution in [3.63, 3.8) is 0 Å². The Kier molecular flexibility index (Phi) is 2.99. The normalized spacial score (nSPS) is 41.0. The lowest BCUT2D eigenvalue weighted by Crippen LogP contribution is -2.43. The van der Waals surface area contributed by atoms with Gasteiger partial charge in [0, 0.05) is 12.3 Å². The van der Waals surface area contributed by atoms with Crippen LogP contribution in [-0.4, -0.2) is 5.78 Å². The topological polar surface area (TPSA) is 17.1 Å². The maximum atomic E-state index is 11.9. The van der Waals surface area contributed by atoms with Gasteiger partial charge in [-0.2, -0.15) is 0 Å². The highest BCUT2D eigenvalue weighted by molar-refractivity contribution is 5.82. The molecule has 1 unspecified atom stereocenters. The zero-order chi connectivity index (χ0) is 10.9. The molecule has 0 aromatic rings. The van der Waals surface area contributed by atoms with Crippen molar-refractivity contribution < 1.29 is 4.79 Å². The molecule has 1 nitrogen and oxygen atoms in total. The third-order valence-corrected chi connectivity index (χ3v) is 4.67. The van der Waals surface area contributed by atoms with Crippen molar-refractivity contribution in [2.45, 2.75) is 51.9 Å². The molecule has 2 aliphatic rings. The van der Waals surface area contributed by atoms with Gasteiger partial charge in [0.05, 0.1) is 0 Å². The lowest BCUT2D eigenvalue weighted by Gasteiger charge is -2.48. The molecule has 0 bridgehead atoms. The van der Waals surface area contributed by atoms with Crippen LogP contribution < -0.4 is 0 Å². The summed E-state index contributed by atoms with van der Waals surface area (Å²) in [5, 5.41) is 0. The number of rotatable bonds is 2. The lowest BCUT2D eigenvalue weighted by molar-refractivity contribution is -0.133. The van der Waals surface area contributed by atoms with E-state index in [0.29, 0.717) is 23.0 Å². The summed E-state index contributed by atoms with van der Waals surface area (Å²) in [6, 6.07) is 0. The summed E-state index contributed by atoms with van der Waals surface area (Å²) < 4.78 is 0. The van der Waals surface area contributed by atoms with Crippen LogP contribution in [0.3, 0.4) is 0 Å². The fraction of sp³-hybridized carbons (Fsp3) is 0.786. The van der Waals surface area contributed by atoms with Crippen LogP contribution in [0.4, 0.5) is 0 Å². The first-order valence-electron chi connectivity index (χ1n) is 6.31. The third kappa shape index (κ3) is 1.89. The first-order chi connectivity index (χ1) is 7.17. The molecule has 0 aromatic carbocycles. The van der Waals surface area contributed by atoms with E-state index in [1.54, 1.807) is 0 Å². The molecule has 0 heterocycles. The number of Topliss-reactive ketones (excluding diaryl/α,β-unsaturated/α-hetero) is 1. The Morgan fingerprint density at radius 1 is 1.47 bits per heavy atom. The van der Waals surface area contributed by atoms with Gasteiger partial charge in [-0.3, -0.25) is 4.79 Å². The molecule has 84 valence electrons. The Labute approximate surface area is 92.9 Å². The molecule has 2 fully saturated rings. The summed E-state index contributed by atoms with van der Waals surface area (Å²) in [7, 11) is 0. The predicted octanol–water partition coefficient (Wildman–Crippen LogP) is 3.74. The van der Waals surface area contributed by atoms with Gasteiger partial charge >= 0.3 is 0 Å². The van der Waals surface area contributed by atoms with Gasteiger partial charge in [-0.15, -0.1) is 6.58 Å². The van der Waals surface area contributed by atoms with Gasteiger partial charge in [-0.1, -0.05) is 25.8 Å². The van der Waals surface area contributed by atoms with E-state index in [-0.39, 0.29) is 0 Å². The van der Waals surface area contributed by atoms with E-state index in [1.807, 2.05) is 6.08 Å². The zero-order valence-corrected chi connectivity index (χ0v) is 9.80. The monoisotopic (exact) mass is 206 g/mol. The smallest absolute Gasteiger partial charge is 0.136 e. The average molecular weight is 206 g/mol. The molecule has 15 heavy (non-hydrogen) atoms. The van der Waals surface area contributed by atoms with Crippen molar-refractivity contribution in [2.24, 2.45) is 17.3 Å². The third-order valence-electron chi connectivity index (χ3n) is 4.67. The van der Waals surface area contributed by atoms with Crippen molar-refractivity contribution >= 4 is 5.78 Å². The van der Waals surface area contributed by atoms with Crippen LogP contribution >= 0.6 is 0 Å². The lowest BCUT2D eigenvalue weighted by atomic mass is 9.56. The summed E-state index contributed by atoms with van der Waals surface area (Å²) in [5.74, 6) is 1.44. The second kappa shape index (κ2) is 4.11. The Hall–Kier alpha value is -0.590. The molecule has 0 spiro atoms. The van der Waals surface area contributed by atoms with Gasteiger partial charge in [0.15, 0.2) is 0 Å². The van der Waals surface area contributed by atoms with E-state index in [4.69, 9.17) is 0 Å². The second-order valence-corrected chi connectivity index (χ2v) is 5.60. The molecule has 0 amide bonds. The highest BCUT2D eigenvalue weighted by Gasteiger charge is 2.46. The molecular formula is C14H22O. The first-order valence-corrected chi connectivity index (χ1v) is 6.31. The van der Waals surface area contributed by atoms with Gasteiger partial charge in [0.2, 0.25) is 0 Å². The minimum atomic E-state index is 0.293. The minimum absolute atomic E-state index is 0.293. The molecule has 1 heteroatoms. The average Bonchev–Trinajstić information content (AvgIpc) is 2.23. The second-order valence-electron chi connectivity index (χ2n) is 5.60. The molecule has 0 radical (unpaired) electrons. The van der Waals surface area contributed by atoms with Gasteiger partial charge in [-0.05, 0) is 37.0 Å². The number of hydrogen-bond donors (Lipinski definition) is 0. The van der Waals surface area contributed by atoms with E-state index in [1.165, 1.54) is 25.7 Å². The minimum Gasteiger partial charge on any atom is -0.299 e. The first kappa shape index (κ1) is 10.9. The molecule has 2 saturated carbocycles. The van der Waals surface area contributed by atoms with E-state index in [2.05, 4.69) is 13.5 Å². The Balaban J connectivity index is 2.19. The number of carbonyl (C=O) groups is 1. The predicted molar refractivity (Wildman–Crippen MR) is 62.6 cm³/mol. The molecule has 3 atom stereocenters. The summed E-state index contributed by atoms with van der Waals surface area (Å²) in [4.78, 5) is 11.9. The van der Waals surface area contributed by atoms with Gasteiger partial charge in [0.25, 0.3) is 0 Å². The number of hydrogen-bond acceptors (Lipinski definition) is 1. The van der Waals surface area contributed by atoms with Crippen molar-refractivity contribution in [3.8, 4) is 0 Å². The maximum Gasteiger partial charge on any atom is 0.136 e. The molecular weight excluding hydrogens is 184 g/mol. The largest absolute Gasteiger partial charge is 0.299 e. The zero-order valence-electron chi connectivity index (χ0n) is 9.80. The molecule has 0 N–H and O–H groups in total. The van der Waals surface area contributed by atoms with Crippen LogP contribution in [0.25, 0.3) is 0 Å². The van der Waals surface area contributed by atoms with Crippen LogP contribution in [0.15, 0.2) is 12.7 Å². The van der Waals surface area contributed by atoms with E-state index < -0.39 is 0 Å². The van der Waals surface area contributed by atoms with Gasteiger partial charge in [-0.25, -0.2) is 0 Å². The summed E-state index contributed by atoms with van der Waals surface area (Å²) in [6.07, 6.45) is 10.1. The van der Waals surface area contributed by atoms with Gasteiger partial charge in [0.1, 0.15) is 5.78 Å². The van der Waals surface area contributed by atoms with Crippen molar-refractivity contribution in [1.82, 2.24) is 0 Å².